The smallest absolute Gasteiger partial charge is 0.287 e. The summed E-state index contributed by atoms with van der Waals surface area (Å²) >= 11 is 0. The van der Waals surface area contributed by atoms with Crippen LogP contribution in [0.3, 0.4) is 0 Å². The summed E-state index contributed by atoms with van der Waals surface area (Å²) in [4.78, 5) is 12.2. The van der Waals surface area contributed by atoms with E-state index in [9.17, 15) is 9.18 Å². The maximum atomic E-state index is 13.9. The molecule has 0 spiro atoms. The normalized spacial score (nSPS) is 16.5. The van der Waals surface area contributed by atoms with E-state index in [1.807, 2.05) is 0 Å². The highest BCUT2D eigenvalue weighted by Gasteiger charge is 2.44. The van der Waals surface area contributed by atoms with Crippen molar-refractivity contribution in [3.63, 3.8) is 0 Å². The number of aryl methyl sites for hydroxylation is 1. The van der Waals surface area contributed by atoms with E-state index in [2.05, 4.69) is 5.32 Å². The molecule has 1 fully saturated rings. The van der Waals surface area contributed by atoms with E-state index in [0.717, 1.165) is 0 Å². The standard InChI is InChI=1S/C15H14FNO3/c1-10-6-7-13(20-10)14(18)17-15(8-19-9-15)11-4-2-3-5-12(11)16/h2-7H,8-9H2,1H3,(H,17,18). The second-order valence-corrected chi connectivity index (χ2v) is 4.92. The lowest BCUT2D eigenvalue weighted by molar-refractivity contribution is -0.0752. The van der Waals surface area contributed by atoms with Gasteiger partial charge in [-0.05, 0) is 25.1 Å². The van der Waals surface area contributed by atoms with Crippen LogP contribution in [0.5, 0.6) is 0 Å². The first-order valence-electron chi connectivity index (χ1n) is 6.32. The fourth-order valence-corrected chi connectivity index (χ4v) is 2.29. The maximum Gasteiger partial charge on any atom is 0.287 e. The van der Waals surface area contributed by atoms with E-state index in [-0.39, 0.29) is 30.7 Å². The van der Waals surface area contributed by atoms with Crippen LogP contribution in [0.4, 0.5) is 4.39 Å². The van der Waals surface area contributed by atoms with E-state index in [1.165, 1.54) is 6.07 Å². The third kappa shape index (κ3) is 2.10. The van der Waals surface area contributed by atoms with Crippen LogP contribution in [0.25, 0.3) is 0 Å². The van der Waals surface area contributed by atoms with Gasteiger partial charge >= 0.3 is 0 Å². The van der Waals surface area contributed by atoms with E-state index >= 15 is 0 Å². The molecule has 5 heteroatoms. The molecule has 1 aliphatic rings. The van der Waals surface area contributed by atoms with E-state index in [0.29, 0.717) is 11.3 Å². The summed E-state index contributed by atoms with van der Waals surface area (Å²) in [5, 5.41) is 2.82. The Kier molecular flexibility index (Phi) is 3.06. The molecule has 2 heterocycles. The second kappa shape index (κ2) is 4.76. The average Bonchev–Trinajstić information content (AvgIpc) is 2.81. The van der Waals surface area contributed by atoms with Crippen molar-refractivity contribution in [2.45, 2.75) is 12.5 Å². The molecule has 0 radical (unpaired) electrons. The Hall–Kier alpha value is -2.14. The van der Waals surface area contributed by atoms with Crippen molar-refractivity contribution >= 4 is 5.91 Å². The summed E-state index contributed by atoms with van der Waals surface area (Å²) in [6, 6.07) is 9.69. The van der Waals surface area contributed by atoms with Gasteiger partial charge in [0.25, 0.3) is 5.91 Å². The number of hydrogen-bond acceptors (Lipinski definition) is 3. The van der Waals surface area contributed by atoms with Crippen LogP contribution < -0.4 is 5.32 Å². The summed E-state index contributed by atoms with van der Waals surface area (Å²) in [5.41, 5.74) is -0.383. The van der Waals surface area contributed by atoms with Crippen molar-refractivity contribution in [3.05, 3.63) is 59.3 Å². The van der Waals surface area contributed by atoms with Crippen molar-refractivity contribution in [2.75, 3.05) is 13.2 Å². The molecule has 1 amide bonds. The maximum absolute atomic E-state index is 13.9. The Bertz CT molecular complexity index is 646. The topological polar surface area (TPSA) is 51.5 Å². The fraction of sp³-hybridized carbons (Fsp3) is 0.267. The predicted octanol–water partition coefficient (Wildman–Crippen LogP) is 2.38. The molecule has 1 N–H and O–H groups in total. The zero-order chi connectivity index (χ0) is 14.2. The molecule has 4 nitrogen and oxygen atoms in total. The molecule has 2 aromatic rings. The fourth-order valence-electron chi connectivity index (χ4n) is 2.29. The Labute approximate surface area is 115 Å². The Morgan fingerprint density at radius 1 is 1.25 bits per heavy atom. The highest BCUT2D eigenvalue weighted by Crippen LogP contribution is 2.31. The van der Waals surface area contributed by atoms with Gasteiger partial charge in [0, 0.05) is 5.56 Å². The van der Waals surface area contributed by atoms with Gasteiger partial charge in [-0.2, -0.15) is 0 Å². The molecule has 3 rings (SSSR count). The molecule has 0 aliphatic carbocycles. The molecular weight excluding hydrogens is 261 g/mol. The van der Waals surface area contributed by atoms with Crippen molar-refractivity contribution in [3.8, 4) is 0 Å². The van der Waals surface area contributed by atoms with Crippen LogP contribution in [0.1, 0.15) is 21.9 Å². The first kappa shape index (κ1) is 12.9. The summed E-state index contributed by atoms with van der Waals surface area (Å²) < 4.78 is 24.4. The van der Waals surface area contributed by atoms with Crippen LogP contribution in [0, 0.1) is 12.7 Å². The Balaban J connectivity index is 1.87. The predicted molar refractivity (Wildman–Crippen MR) is 69.8 cm³/mol. The highest BCUT2D eigenvalue weighted by molar-refractivity contribution is 5.92. The van der Waals surface area contributed by atoms with Gasteiger partial charge in [0.05, 0.1) is 13.2 Å². The van der Waals surface area contributed by atoms with Crippen molar-refractivity contribution < 1.29 is 18.3 Å². The molecule has 0 atom stereocenters. The SMILES string of the molecule is Cc1ccc(C(=O)NC2(c3ccccc3F)COC2)o1. The third-order valence-corrected chi connectivity index (χ3v) is 3.40. The summed E-state index contributed by atoms with van der Waals surface area (Å²) in [6.45, 7) is 2.26. The Morgan fingerprint density at radius 3 is 2.55 bits per heavy atom. The number of amides is 1. The summed E-state index contributed by atoms with van der Waals surface area (Å²) in [7, 11) is 0. The van der Waals surface area contributed by atoms with E-state index in [4.69, 9.17) is 9.15 Å². The van der Waals surface area contributed by atoms with Crippen molar-refractivity contribution in [1.82, 2.24) is 5.32 Å². The van der Waals surface area contributed by atoms with Gasteiger partial charge in [-0.25, -0.2) is 4.39 Å². The molecule has 0 saturated carbocycles. The molecule has 0 bridgehead atoms. The zero-order valence-electron chi connectivity index (χ0n) is 11.0. The molecule has 0 unspecified atom stereocenters. The van der Waals surface area contributed by atoms with Gasteiger partial charge in [0.2, 0.25) is 0 Å². The second-order valence-electron chi connectivity index (χ2n) is 4.92. The largest absolute Gasteiger partial charge is 0.456 e. The molecule has 1 aromatic carbocycles. The van der Waals surface area contributed by atoms with Crippen molar-refractivity contribution in [1.29, 1.82) is 0 Å². The number of ether oxygens (including phenoxy) is 1. The number of benzene rings is 1. The number of carbonyl (C=O) groups is 1. The van der Waals surface area contributed by atoms with Crippen LogP contribution in [0.15, 0.2) is 40.8 Å². The van der Waals surface area contributed by atoms with Gasteiger partial charge in [0.15, 0.2) is 5.76 Å². The minimum Gasteiger partial charge on any atom is -0.456 e. The zero-order valence-corrected chi connectivity index (χ0v) is 11.0. The number of carbonyl (C=O) groups excluding carboxylic acids is 1. The lowest BCUT2D eigenvalue weighted by Gasteiger charge is -2.42. The average molecular weight is 275 g/mol. The quantitative estimate of drug-likeness (QED) is 0.935. The van der Waals surface area contributed by atoms with E-state index < -0.39 is 5.54 Å². The first-order chi connectivity index (χ1) is 9.61. The van der Waals surface area contributed by atoms with Crippen LogP contribution in [0.2, 0.25) is 0 Å². The van der Waals surface area contributed by atoms with Gasteiger partial charge in [-0.1, -0.05) is 18.2 Å². The molecule has 1 aliphatic heterocycles. The highest BCUT2D eigenvalue weighted by atomic mass is 19.1. The third-order valence-electron chi connectivity index (χ3n) is 3.40. The number of nitrogens with one attached hydrogen (secondary N) is 1. The van der Waals surface area contributed by atoms with Gasteiger partial charge < -0.3 is 14.5 Å². The van der Waals surface area contributed by atoms with Crippen LogP contribution in [-0.2, 0) is 10.3 Å². The lowest BCUT2D eigenvalue weighted by atomic mass is 9.87. The van der Waals surface area contributed by atoms with Gasteiger partial charge in [-0.3, -0.25) is 4.79 Å². The number of rotatable bonds is 3. The lowest BCUT2D eigenvalue weighted by Crippen LogP contribution is -2.59. The van der Waals surface area contributed by atoms with Gasteiger partial charge in [-0.15, -0.1) is 0 Å². The van der Waals surface area contributed by atoms with E-state index in [1.54, 1.807) is 37.3 Å². The van der Waals surface area contributed by atoms with Gasteiger partial charge in [0.1, 0.15) is 17.1 Å². The van der Waals surface area contributed by atoms with Crippen LogP contribution in [-0.4, -0.2) is 19.1 Å². The molecule has 20 heavy (non-hydrogen) atoms. The number of hydrogen-bond donors (Lipinski definition) is 1. The van der Waals surface area contributed by atoms with Crippen molar-refractivity contribution in [2.24, 2.45) is 0 Å². The molecular formula is C15H14FNO3. The number of furan rings is 1. The molecule has 1 aromatic heterocycles. The minimum absolute atomic E-state index is 0.213. The van der Waals surface area contributed by atoms with Crippen LogP contribution >= 0.6 is 0 Å². The summed E-state index contributed by atoms with van der Waals surface area (Å²) in [5.74, 6) is 0.140. The molecule has 1 saturated heterocycles. The Morgan fingerprint density at radius 2 is 2.00 bits per heavy atom. The number of halogens is 1. The minimum atomic E-state index is -0.816. The summed E-state index contributed by atoms with van der Waals surface area (Å²) in [6.07, 6.45) is 0. The molecule has 104 valence electrons. The first-order valence-corrected chi connectivity index (χ1v) is 6.32. The monoisotopic (exact) mass is 275 g/mol.